The molecule has 1 N–H and O–H groups in total. The van der Waals surface area contributed by atoms with Crippen molar-refractivity contribution in [3.05, 3.63) is 40.3 Å². The Bertz CT molecular complexity index is 1120. The summed E-state index contributed by atoms with van der Waals surface area (Å²) in [6.45, 7) is 4.91. The molecule has 1 saturated heterocycles. The van der Waals surface area contributed by atoms with Gasteiger partial charge in [-0.2, -0.15) is 0 Å². The molecule has 0 aromatic heterocycles. The number of halogens is 1. The van der Waals surface area contributed by atoms with Crippen LogP contribution in [0.15, 0.2) is 35.2 Å². The first-order valence-electron chi connectivity index (χ1n) is 11.2. The molecule has 0 saturated carbocycles. The van der Waals surface area contributed by atoms with Gasteiger partial charge < -0.3 is 29.2 Å². The SMILES string of the molecule is CC(=O)OCC1=CS[C@H]2C(NC(=O)COc3cccc(Cl)c3)C(=O)N2C1C(=O)OCOC(=O)C(C)(C)C. The Balaban J connectivity index is 1.64. The fraction of sp³-hybridized carbons (Fsp3) is 0.458. The molecule has 0 bridgehead atoms. The Hall–Kier alpha value is -3.25. The number of amides is 2. The summed E-state index contributed by atoms with van der Waals surface area (Å²) in [6.07, 6.45) is 0. The number of carbonyl (C=O) groups is 5. The number of hydrogen-bond acceptors (Lipinski definition) is 10. The molecule has 0 spiro atoms. The Kier molecular flexibility index (Phi) is 9.08. The molecule has 37 heavy (non-hydrogen) atoms. The average molecular weight is 555 g/mol. The summed E-state index contributed by atoms with van der Waals surface area (Å²) in [5.74, 6) is -2.69. The van der Waals surface area contributed by atoms with Gasteiger partial charge in [-0.3, -0.25) is 19.2 Å². The molecule has 0 aliphatic carbocycles. The van der Waals surface area contributed by atoms with Crippen molar-refractivity contribution in [2.45, 2.75) is 45.2 Å². The summed E-state index contributed by atoms with van der Waals surface area (Å²) in [7, 11) is 0. The molecule has 2 amide bonds. The zero-order valence-corrected chi connectivity index (χ0v) is 22.2. The van der Waals surface area contributed by atoms with Gasteiger partial charge >= 0.3 is 17.9 Å². The van der Waals surface area contributed by atoms with E-state index in [4.69, 9.17) is 30.5 Å². The van der Waals surface area contributed by atoms with Gasteiger partial charge in [-0.1, -0.05) is 17.7 Å². The van der Waals surface area contributed by atoms with Crippen LogP contribution < -0.4 is 10.1 Å². The van der Waals surface area contributed by atoms with Crippen molar-refractivity contribution >= 4 is 53.1 Å². The number of ether oxygens (including phenoxy) is 4. The third-order valence-corrected chi connectivity index (χ3v) is 6.67. The second-order valence-corrected chi connectivity index (χ2v) is 10.6. The summed E-state index contributed by atoms with van der Waals surface area (Å²) >= 11 is 7.08. The highest BCUT2D eigenvalue weighted by Gasteiger charge is 2.56. The van der Waals surface area contributed by atoms with E-state index < -0.39 is 59.4 Å². The second kappa shape index (κ2) is 11.9. The number of rotatable bonds is 9. The quantitative estimate of drug-likeness (QED) is 0.274. The number of nitrogens with one attached hydrogen (secondary N) is 1. The molecule has 1 aromatic carbocycles. The first-order chi connectivity index (χ1) is 17.4. The molecule has 11 nitrogen and oxygen atoms in total. The van der Waals surface area contributed by atoms with Gasteiger partial charge in [0.05, 0.1) is 5.41 Å². The molecule has 2 aliphatic heterocycles. The maximum Gasteiger partial charge on any atom is 0.336 e. The van der Waals surface area contributed by atoms with Crippen LogP contribution in [0.3, 0.4) is 0 Å². The first-order valence-corrected chi connectivity index (χ1v) is 12.5. The van der Waals surface area contributed by atoms with E-state index in [0.29, 0.717) is 16.3 Å². The van der Waals surface area contributed by atoms with Crippen molar-refractivity contribution in [1.82, 2.24) is 10.2 Å². The normalized spacial score (nSPS) is 20.6. The summed E-state index contributed by atoms with van der Waals surface area (Å²) in [5, 5.41) is 4.03. The number of β-lactam (4-membered cyclic amide) rings is 1. The van der Waals surface area contributed by atoms with Gasteiger partial charge in [0.25, 0.3) is 5.91 Å². The predicted molar refractivity (Wildman–Crippen MR) is 132 cm³/mol. The number of fused-ring (bicyclic) bond motifs is 1. The summed E-state index contributed by atoms with van der Waals surface area (Å²) in [6, 6.07) is 4.38. The van der Waals surface area contributed by atoms with Crippen molar-refractivity contribution in [1.29, 1.82) is 0 Å². The Morgan fingerprint density at radius 3 is 2.51 bits per heavy atom. The molecule has 200 valence electrons. The van der Waals surface area contributed by atoms with Crippen LogP contribution in [-0.4, -0.2) is 72.1 Å². The monoisotopic (exact) mass is 554 g/mol. The van der Waals surface area contributed by atoms with Crippen LogP contribution in [0.4, 0.5) is 0 Å². The molecule has 1 fully saturated rings. The fourth-order valence-electron chi connectivity index (χ4n) is 3.36. The molecule has 2 aliphatic rings. The first kappa shape index (κ1) is 28.3. The van der Waals surface area contributed by atoms with Gasteiger partial charge in [0.2, 0.25) is 12.7 Å². The zero-order chi connectivity index (χ0) is 27.3. The maximum absolute atomic E-state index is 13.0. The lowest BCUT2D eigenvalue weighted by Crippen LogP contribution is -2.74. The zero-order valence-electron chi connectivity index (χ0n) is 20.6. The maximum atomic E-state index is 13.0. The third kappa shape index (κ3) is 7.16. The van der Waals surface area contributed by atoms with Crippen LogP contribution in [0.25, 0.3) is 0 Å². The standard InChI is InChI=1S/C24H27ClN2O9S/c1-13(28)33-9-14-11-37-21-18(26-17(29)10-34-16-7-5-6-15(25)8-16)20(30)27(21)19(14)22(31)35-12-36-23(32)24(2,3)4/h5-8,11,18-19,21H,9-10,12H2,1-4H3,(H,26,29)/t18?,19?,21-/m0/s1. The summed E-state index contributed by atoms with van der Waals surface area (Å²) in [5.41, 5.74) is -0.486. The van der Waals surface area contributed by atoms with Gasteiger partial charge in [-0.15, -0.1) is 11.8 Å². The van der Waals surface area contributed by atoms with E-state index in [0.717, 1.165) is 0 Å². The van der Waals surface area contributed by atoms with Gasteiger partial charge in [0.15, 0.2) is 12.6 Å². The van der Waals surface area contributed by atoms with Crippen molar-refractivity contribution in [2.24, 2.45) is 5.41 Å². The number of carbonyl (C=O) groups excluding carboxylic acids is 5. The number of benzene rings is 1. The van der Waals surface area contributed by atoms with Crippen LogP contribution in [0, 0.1) is 5.41 Å². The van der Waals surface area contributed by atoms with Gasteiger partial charge in [0, 0.05) is 17.5 Å². The minimum absolute atomic E-state index is 0.245. The van der Waals surface area contributed by atoms with E-state index in [1.54, 1.807) is 50.4 Å². The van der Waals surface area contributed by atoms with Crippen LogP contribution in [0.1, 0.15) is 27.7 Å². The summed E-state index contributed by atoms with van der Waals surface area (Å²) < 4.78 is 20.5. The summed E-state index contributed by atoms with van der Waals surface area (Å²) in [4.78, 5) is 62.8. The predicted octanol–water partition coefficient (Wildman–Crippen LogP) is 2.02. The lowest BCUT2D eigenvalue weighted by atomic mass is 9.97. The van der Waals surface area contributed by atoms with E-state index in [-0.39, 0.29) is 13.2 Å². The van der Waals surface area contributed by atoms with Crippen LogP contribution in [0.5, 0.6) is 5.75 Å². The number of nitrogens with zero attached hydrogens (tertiary/aromatic N) is 1. The molecule has 2 unspecified atom stereocenters. The minimum atomic E-state index is -1.22. The second-order valence-electron chi connectivity index (χ2n) is 9.20. The van der Waals surface area contributed by atoms with Gasteiger partial charge in [0.1, 0.15) is 23.8 Å². The molecule has 1 aromatic rings. The van der Waals surface area contributed by atoms with Gasteiger partial charge in [-0.25, -0.2) is 4.79 Å². The van der Waals surface area contributed by atoms with E-state index >= 15 is 0 Å². The van der Waals surface area contributed by atoms with Crippen molar-refractivity contribution < 1.29 is 42.9 Å². The molecule has 13 heteroatoms. The number of esters is 3. The van der Waals surface area contributed by atoms with E-state index in [1.165, 1.54) is 23.6 Å². The van der Waals surface area contributed by atoms with Crippen LogP contribution >= 0.6 is 23.4 Å². The van der Waals surface area contributed by atoms with Crippen molar-refractivity contribution in [3.8, 4) is 5.75 Å². The highest BCUT2D eigenvalue weighted by atomic mass is 35.5. The fourth-order valence-corrected chi connectivity index (χ4v) is 4.75. The molecule has 3 atom stereocenters. The number of hydrogen-bond donors (Lipinski definition) is 1. The lowest BCUT2D eigenvalue weighted by molar-refractivity contribution is -0.179. The van der Waals surface area contributed by atoms with Crippen LogP contribution in [0.2, 0.25) is 5.02 Å². The van der Waals surface area contributed by atoms with Crippen molar-refractivity contribution in [2.75, 3.05) is 20.0 Å². The Morgan fingerprint density at radius 1 is 1.14 bits per heavy atom. The van der Waals surface area contributed by atoms with E-state index in [2.05, 4.69) is 5.32 Å². The molecule has 3 rings (SSSR count). The topological polar surface area (TPSA) is 138 Å². The van der Waals surface area contributed by atoms with Crippen molar-refractivity contribution in [3.63, 3.8) is 0 Å². The van der Waals surface area contributed by atoms with Crippen LogP contribution in [-0.2, 0) is 38.2 Å². The molecule has 2 heterocycles. The molecular formula is C24H27ClN2O9S. The lowest BCUT2D eigenvalue weighted by Gasteiger charge is -2.51. The van der Waals surface area contributed by atoms with E-state index in [9.17, 15) is 24.0 Å². The highest BCUT2D eigenvalue weighted by molar-refractivity contribution is 8.02. The average Bonchev–Trinajstić information content (AvgIpc) is 2.83. The van der Waals surface area contributed by atoms with Gasteiger partial charge in [-0.05, 0) is 44.4 Å². The molecule has 0 radical (unpaired) electrons. The Morgan fingerprint density at radius 2 is 1.86 bits per heavy atom. The van der Waals surface area contributed by atoms with E-state index in [1.807, 2.05) is 0 Å². The largest absolute Gasteiger partial charge is 0.484 e. The number of thioether (sulfide) groups is 1. The smallest absolute Gasteiger partial charge is 0.336 e. The minimum Gasteiger partial charge on any atom is -0.484 e. The highest BCUT2D eigenvalue weighted by Crippen LogP contribution is 2.40. The Labute approximate surface area is 222 Å². The third-order valence-electron chi connectivity index (χ3n) is 5.22. The molecular weight excluding hydrogens is 528 g/mol.